The van der Waals surface area contributed by atoms with Crippen molar-refractivity contribution in [1.29, 1.82) is 0 Å². The largest absolute Gasteiger partial charge is 0.492 e. The molecule has 0 spiro atoms. The molecule has 0 fully saturated rings. The Bertz CT molecular complexity index is 365. The SMILES string of the molecule is CCOc1cc(F)ccc1C#CCCl. The highest BCUT2D eigenvalue weighted by Gasteiger charge is 2.01. The number of benzene rings is 1. The predicted octanol–water partition coefficient (Wildman–Crippen LogP) is 2.81. The summed E-state index contributed by atoms with van der Waals surface area (Å²) in [6.45, 7) is 2.32. The third kappa shape index (κ3) is 2.93. The van der Waals surface area contributed by atoms with Gasteiger partial charge in [0, 0.05) is 6.07 Å². The van der Waals surface area contributed by atoms with E-state index in [0.717, 1.165) is 0 Å². The zero-order valence-corrected chi connectivity index (χ0v) is 8.57. The lowest BCUT2D eigenvalue weighted by Crippen LogP contribution is -1.95. The summed E-state index contributed by atoms with van der Waals surface area (Å²) in [5, 5.41) is 0. The van der Waals surface area contributed by atoms with E-state index in [0.29, 0.717) is 17.9 Å². The minimum atomic E-state index is -0.329. The number of halogens is 2. The normalized spacial score (nSPS) is 9.07. The Morgan fingerprint density at radius 1 is 1.50 bits per heavy atom. The maximum Gasteiger partial charge on any atom is 0.137 e. The fourth-order valence-electron chi connectivity index (χ4n) is 1.00. The third-order valence-electron chi connectivity index (χ3n) is 1.53. The molecular formula is C11H10ClFO. The van der Waals surface area contributed by atoms with Gasteiger partial charge in [0.15, 0.2) is 0 Å². The quantitative estimate of drug-likeness (QED) is 0.541. The molecule has 0 unspecified atom stereocenters. The van der Waals surface area contributed by atoms with Crippen LogP contribution >= 0.6 is 11.6 Å². The van der Waals surface area contributed by atoms with Crippen LogP contribution in [-0.4, -0.2) is 12.5 Å². The molecular weight excluding hydrogens is 203 g/mol. The Labute approximate surface area is 87.8 Å². The van der Waals surface area contributed by atoms with Crippen LogP contribution in [0, 0.1) is 17.7 Å². The summed E-state index contributed by atoms with van der Waals surface area (Å²) in [5.74, 6) is 5.88. The molecule has 0 bridgehead atoms. The maximum atomic E-state index is 12.8. The second kappa shape index (κ2) is 5.51. The van der Waals surface area contributed by atoms with Crippen molar-refractivity contribution < 1.29 is 9.13 Å². The standard InChI is InChI=1S/C11H10ClFO/c1-2-14-11-8-10(13)6-5-9(11)4-3-7-12/h5-6,8H,2,7H2,1H3. The van der Waals surface area contributed by atoms with Crippen LogP contribution in [-0.2, 0) is 0 Å². The molecule has 0 N–H and O–H groups in total. The van der Waals surface area contributed by atoms with Gasteiger partial charge in [-0.05, 0) is 19.1 Å². The molecule has 0 radical (unpaired) electrons. The fraction of sp³-hybridized carbons (Fsp3) is 0.273. The van der Waals surface area contributed by atoms with E-state index in [-0.39, 0.29) is 11.7 Å². The second-order valence-electron chi connectivity index (χ2n) is 2.51. The van der Waals surface area contributed by atoms with Crippen molar-refractivity contribution in [3.63, 3.8) is 0 Å². The molecule has 0 aliphatic rings. The van der Waals surface area contributed by atoms with Gasteiger partial charge in [-0.15, -0.1) is 11.6 Å². The van der Waals surface area contributed by atoms with E-state index < -0.39 is 0 Å². The van der Waals surface area contributed by atoms with Gasteiger partial charge in [-0.3, -0.25) is 0 Å². The minimum Gasteiger partial charge on any atom is -0.492 e. The Morgan fingerprint density at radius 2 is 2.29 bits per heavy atom. The van der Waals surface area contributed by atoms with Crippen molar-refractivity contribution in [2.24, 2.45) is 0 Å². The first-order valence-corrected chi connectivity index (χ1v) is 4.78. The first-order valence-electron chi connectivity index (χ1n) is 4.25. The summed E-state index contributed by atoms with van der Waals surface area (Å²) >= 11 is 5.42. The van der Waals surface area contributed by atoms with Gasteiger partial charge in [0.2, 0.25) is 0 Å². The van der Waals surface area contributed by atoms with Crippen LogP contribution in [0.1, 0.15) is 12.5 Å². The van der Waals surface area contributed by atoms with E-state index in [9.17, 15) is 4.39 Å². The van der Waals surface area contributed by atoms with Crippen molar-refractivity contribution in [2.75, 3.05) is 12.5 Å². The molecule has 0 aromatic heterocycles. The fourth-order valence-corrected chi connectivity index (χ4v) is 1.07. The van der Waals surface area contributed by atoms with E-state index in [2.05, 4.69) is 11.8 Å². The predicted molar refractivity (Wildman–Crippen MR) is 55.2 cm³/mol. The number of hydrogen-bond acceptors (Lipinski definition) is 1. The van der Waals surface area contributed by atoms with Crippen LogP contribution < -0.4 is 4.74 Å². The van der Waals surface area contributed by atoms with Crippen LogP contribution in [0.15, 0.2) is 18.2 Å². The van der Waals surface area contributed by atoms with Gasteiger partial charge in [-0.2, -0.15) is 0 Å². The average molecular weight is 213 g/mol. The molecule has 14 heavy (non-hydrogen) atoms. The van der Waals surface area contributed by atoms with Gasteiger partial charge in [0.05, 0.1) is 18.1 Å². The average Bonchev–Trinajstić information content (AvgIpc) is 2.17. The minimum absolute atomic E-state index is 0.253. The topological polar surface area (TPSA) is 9.23 Å². The van der Waals surface area contributed by atoms with Gasteiger partial charge in [0.25, 0.3) is 0 Å². The lowest BCUT2D eigenvalue weighted by molar-refractivity contribution is 0.337. The summed E-state index contributed by atoms with van der Waals surface area (Å²) in [7, 11) is 0. The van der Waals surface area contributed by atoms with Crippen LogP contribution in [0.25, 0.3) is 0 Å². The monoisotopic (exact) mass is 212 g/mol. The summed E-state index contributed by atoms with van der Waals surface area (Å²) in [5.41, 5.74) is 0.661. The molecule has 1 aromatic carbocycles. The third-order valence-corrected chi connectivity index (χ3v) is 1.67. The lowest BCUT2D eigenvalue weighted by atomic mass is 10.2. The summed E-state index contributed by atoms with van der Waals surface area (Å²) in [4.78, 5) is 0. The Balaban J connectivity index is 3.01. The molecule has 0 saturated heterocycles. The molecule has 0 aliphatic heterocycles. The van der Waals surface area contributed by atoms with Crippen LogP contribution in [0.5, 0.6) is 5.75 Å². The van der Waals surface area contributed by atoms with E-state index >= 15 is 0 Å². The van der Waals surface area contributed by atoms with Crippen molar-refractivity contribution in [2.45, 2.75) is 6.92 Å². The van der Waals surface area contributed by atoms with E-state index in [1.807, 2.05) is 6.92 Å². The van der Waals surface area contributed by atoms with E-state index in [1.165, 1.54) is 12.1 Å². The summed E-state index contributed by atoms with van der Waals surface area (Å²) < 4.78 is 18.1. The zero-order valence-electron chi connectivity index (χ0n) is 7.81. The molecule has 1 aromatic rings. The number of alkyl halides is 1. The molecule has 0 heterocycles. The highest BCUT2D eigenvalue weighted by atomic mass is 35.5. The lowest BCUT2D eigenvalue weighted by Gasteiger charge is -2.05. The zero-order chi connectivity index (χ0) is 10.4. The first-order chi connectivity index (χ1) is 6.77. The van der Waals surface area contributed by atoms with Crippen LogP contribution in [0.4, 0.5) is 4.39 Å². The second-order valence-corrected chi connectivity index (χ2v) is 2.78. The molecule has 0 aliphatic carbocycles. The highest BCUT2D eigenvalue weighted by Crippen LogP contribution is 2.18. The summed E-state index contributed by atoms with van der Waals surface area (Å²) in [6.07, 6.45) is 0. The molecule has 0 atom stereocenters. The van der Waals surface area contributed by atoms with E-state index in [1.54, 1.807) is 6.07 Å². The molecule has 0 amide bonds. The Kier molecular flexibility index (Phi) is 4.28. The van der Waals surface area contributed by atoms with Crippen LogP contribution in [0.3, 0.4) is 0 Å². The first kappa shape index (κ1) is 10.9. The van der Waals surface area contributed by atoms with Crippen LogP contribution in [0.2, 0.25) is 0 Å². The van der Waals surface area contributed by atoms with Gasteiger partial charge < -0.3 is 4.74 Å². The molecule has 1 rings (SSSR count). The maximum absolute atomic E-state index is 12.8. The number of ether oxygens (including phenoxy) is 1. The van der Waals surface area contributed by atoms with Crippen molar-refractivity contribution in [1.82, 2.24) is 0 Å². The molecule has 3 heteroatoms. The number of rotatable bonds is 2. The van der Waals surface area contributed by atoms with E-state index in [4.69, 9.17) is 16.3 Å². The van der Waals surface area contributed by atoms with Gasteiger partial charge in [-0.25, -0.2) is 4.39 Å². The summed E-state index contributed by atoms with van der Waals surface area (Å²) in [6, 6.07) is 4.25. The van der Waals surface area contributed by atoms with Crippen molar-refractivity contribution in [3.05, 3.63) is 29.6 Å². The van der Waals surface area contributed by atoms with Crippen molar-refractivity contribution >= 4 is 11.6 Å². The van der Waals surface area contributed by atoms with Gasteiger partial charge in [0.1, 0.15) is 11.6 Å². The number of hydrogen-bond donors (Lipinski definition) is 0. The molecule has 74 valence electrons. The Morgan fingerprint density at radius 3 is 2.93 bits per heavy atom. The molecule has 0 saturated carbocycles. The van der Waals surface area contributed by atoms with Gasteiger partial charge >= 0.3 is 0 Å². The smallest absolute Gasteiger partial charge is 0.137 e. The van der Waals surface area contributed by atoms with Gasteiger partial charge in [-0.1, -0.05) is 11.8 Å². The highest BCUT2D eigenvalue weighted by molar-refractivity contribution is 6.19. The Hall–Kier alpha value is -1.20. The van der Waals surface area contributed by atoms with Crippen molar-refractivity contribution in [3.8, 4) is 17.6 Å². The molecule has 1 nitrogen and oxygen atoms in total.